The van der Waals surface area contributed by atoms with Crippen molar-refractivity contribution in [2.24, 2.45) is 0 Å². The van der Waals surface area contributed by atoms with Crippen LogP contribution in [0.3, 0.4) is 0 Å². The summed E-state index contributed by atoms with van der Waals surface area (Å²) < 4.78 is 27.8. The molecule has 1 N–H and O–H groups in total. The van der Waals surface area contributed by atoms with Crippen LogP contribution in [-0.4, -0.2) is 38.0 Å². The van der Waals surface area contributed by atoms with Crippen molar-refractivity contribution in [3.63, 3.8) is 0 Å². The van der Waals surface area contributed by atoms with Gasteiger partial charge < -0.3 is 9.72 Å². The molecule has 0 radical (unpaired) electrons. The van der Waals surface area contributed by atoms with Crippen LogP contribution in [0.4, 0.5) is 0 Å². The Hall–Kier alpha value is -2.93. The number of ether oxygens (including phenoxy) is 1. The van der Waals surface area contributed by atoms with Gasteiger partial charge in [-0.1, -0.05) is 18.2 Å². The summed E-state index contributed by atoms with van der Waals surface area (Å²) in [5, 5.41) is 0.765. The molecule has 0 fully saturated rings. The highest BCUT2D eigenvalue weighted by Crippen LogP contribution is 2.18. The predicted octanol–water partition coefficient (Wildman–Crippen LogP) is 2.61. The molecular formula is C18H15NO5S. The molecule has 3 rings (SSSR count). The molecule has 7 heteroatoms. The first-order valence-electron chi connectivity index (χ1n) is 7.43. The van der Waals surface area contributed by atoms with E-state index >= 15 is 0 Å². The number of sulfone groups is 1. The van der Waals surface area contributed by atoms with Gasteiger partial charge in [-0.15, -0.1) is 0 Å². The Bertz CT molecular complexity index is 1050. The van der Waals surface area contributed by atoms with Crippen molar-refractivity contribution in [2.75, 3.05) is 12.9 Å². The lowest BCUT2D eigenvalue weighted by Gasteiger charge is -2.05. The summed E-state index contributed by atoms with van der Waals surface area (Å²) in [7, 11) is -3.33. The molecule has 0 aliphatic heterocycles. The average molecular weight is 357 g/mol. The van der Waals surface area contributed by atoms with Crippen LogP contribution >= 0.6 is 0 Å². The van der Waals surface area contributed by atoms with Crippen LogP contribution < -0.4 is 0 Å². The summed E-state index contributed by atoms with van der Waals surface area (Å²) in [5.74, 6) is -1.01. The van der Waals surface area contributed by atoms with Crippen LogP contribution in [0.1, 0.15) is 20.7 Å². The normalized spacial score (nSPS) is 11.4. The zero-order valence-electron chi connectivity index (χ0n) is 13.4. The number of hydrogen-bond acceptors (Lipinski definition) is 5. The molecule has 0 atom stereocenters. The third kappa shape index (κ3) is 3.61. The first kappa shape index (κ1) is 16.9. The van der Waals surface area contributed by atoms with Gasteiger partial charge in [-0.25, -0.2) is 13.2 Å². The minimum Gasteiger partial charge on any atom is -0.454 e. The second-order valence-electron chi connectivity index (χ2n) is 5.54. The molecule has 2 aromatic carbocycles. The smallest absolute Gasteiger partial charge is 0.338 e. The summed E-state index contributed by atoms with van der Waals surface area (Å²) in [6.07, 6.45) is 2.67. The van der Waals surface area contributed by atoms with E-state index in [4.69, 9.17) is 4.74 Å². The summed E-state index contributed by atoms with van der Waals surface area (Å²) in [6.45, 7) is -0.394. The lowest BCUT2D eigenvalue weighted by Crippen LogP contribution is -2.14. The van der Waals surface area contributed by atoms with Crippen molar-refractivity contribution in [1.82, 2.24) is 4.98 Å². The molecule has 0 aliphatic rings. The van der Waals surface area contributed by atoms with Gasteiger partial charge in [-0.3, -0.25) is 4.79 Å². The number of Topliss-reactive ketones (excluding diaryl/α,β-unsaturated/α-hetero) is 1. The molecule has 0 saturated heterocycles. The van der Waals surface area contributed by atoms with Crippen molar-refractivity contribution >= 4 is 32.5 Å². The number of esters is 1. The third-order valence-electron chi connectivity index (χ3n) is 3.74. The van der Waals surface area contributed by atoms with Crippen LogP contribution in [0.2, 0.25) is 0 Å². The Morgan fingerprint density at radius 3 is 2.40 bits per heavy atom. The number of carbonyl (C=O) groups excluding carboxylic acids is 2. The number of ketones is 1. The van der Waals surface area contributed by atoms with Gasteiger partial charge in [0.1, 0.15) is 0 Å². The van der Waals surface area contributed by atoms with Crippen LogP contribution in [0, 0.1) is 0 Å². The number of benzene rings is 2. The van der Waals surface area contributed by atoms with Gasteiger partial charge in [0.25, 0.3) is 0 Å². The predicted molar refractivity (Wildman–Crippen MR) is 92.5 cm³/mol. The van der Waals surface area contributed by atoms with Crippen molar-refractivity contribution in [1.29, 1.82) is 0 Å². The molecule has 0 spiro atoms. The maximum atomic E-state index is 12.3. The Labute approximate surface area is 144 Å². The first-order chi connectivity index (χ1) is 11.9. The molecule has 3 aromatic rings. The number of para-hydroxylation sites is 1. The SMILES string of the molecule is CS(=O)(=O)c1ccc(C(=O)OCC(=O)c2c[nH]c3ccccc23)cc1. The zero-order valence-corrected chi connectivity index (χ0v) is 14.2. The van der Waals surface area contributed by atoms with Gasteiger partial charge in [-0.2, -0.15) is 0 Å². The lowest BCUT2D eigenvalue weighted by atomic mass is 10.1. The van der Waals surface area contributed by atoms with E-state index in [9.17, 15) is 18.0 Å². The highest BCUT2D eigenvalue weighted by Gasteiger charge is 2.16. The summed E-state index contributed by atoms with van der Waals surface area (Å²) in [5.41, 5.74) is 1.46. The molecule has 0 amide bonds. The fourth-order valence-electron chi connectivity index (χ4n) is 2.43. The lowest BCUT2D eigenvalue weighted by molar-refractivity contribution is 0.0475. The number of aromatic amines is 1. The van der Waals surface area contributed by atoms with E-state index in [1.54, 1.807) is 6.20 Å². The molecule has 0 bridgehead atoms. The summed E-state index contributed by atoms with van der Waals surface area (Å²) >= 11 is 0. The largest absolute Gasteiger partial charge is 0.454 e. The molecule has 6 nitrogen and oxygen atoms in total. The molecule has 25 heavy (non-hydrogen) atoms. The minimum atomic E-state index is -3.33. The van der Waals surface area contributed by atoms with Crippen LogP contribution in [-0.2, 0) is 14.6 Å². The van der Waals surface area contributed by atoms with Crippen molar-refractivity contribution in [3.05, 3.63) is 65.9 Å². The van der Waals surface area contributed by atoms with Crippen molar-refractivity contribution in [3.8, 4) is 0 Å². The molecule has 0 saturated carbocycles. The number of hydrogen-bond donors (Lipinski definition) is 1. The molecular weight excluding hydrogens is 342 g/mol. The summed E-state index contributed by atoms with van der Waals surface area (Å²) in [4.78, 5) is 27.4. The van der Waals surface area contributed by atoms with Gasteiger partial charge in [0.15, 0.2) is 16.4 Å². The van der Waals surface area contributed by atoms with Gasteiger partial charge >= 0.3 is 5.97 Å². The van der Waals surface area contributed by atoms with E-state index in [2.05, 4.69) is 4.98 Å². The average Bonchev–Trinajstić information content (AvgIpc) is 3.03. The second-order valence-corrected chi connectivity index (χ2v) is 7.56. The Morgan fingerprint density at radius 1 is 1.04 bits per heavy atom. The topological polar surface area (TPSA) is 93.3 Å². The standard InChI is InChI=1S/C18H15NO5S/c1-25(22,23)13-8-6-12(7-9-13)18(21)24-11-17(20)15-10-19-16-5-3-2-4-14(15)16/h2-10,19H,11H2,1H3. The van der Waals surface area contributed by atoms with Gasteiger partial charge in [-0.05, 0) is 30.3 Å². The number of rotatable bonds is 5. The quantitative estimate of drug-likeness (QED) is 0.560. The molecule has 1 heterocycles. The van der Waals surface area contributed by atoms with E-state index in [1.165, 1.54) is 24.3 Å². The van der Waals surface area contributed by atoms with Crippen molar-refractivity contribution < 1.29 is 22.7 Å². The van der Waals surface area contributed by atoms with E-state index in [-0.39, 0.29) is 16.2 Å². The first-order valence-corrected chi connectivity index (χ1v) is 9.32. The van der Waals surface area contributed by atoms with Gasteiger partial charge in [0.05, 0.1) is 10.5 Å². The third-order valence-corrected chi connectivity index (χ3v) is 4.87. The number of nitrogens with one attached hydrogen (secondary N) is 1. The van der Waals surface area contributed by atoms with E-state index in [0.717, 1.165) is 17.2 Å². The van der Waals surface area contributed by atoms with Crippen LogP contribution in [0.5, 0.6) is 0 Å². The Morgan fingerprint density at radius 2 is 1.72 bits per heavy atom. The van der Waals surface area contributed by atoms with E-state index in [1.807, 2.05) is 24.3 Å². The van der Waals surface area contributed by atoms with Crippen molar-refractivity contribution in [2.45, 2.75) is 4.90 Å². The zero-order chi connectivity index (χ0) is 18.0. The van der Waals surface area contributed by atoms with E-state index in [0.29, 0.717) is 5.56 Å². The number of carbonyl (C=O) groups is 2. The Kier molecular flexibility index (Phi) is 4.41. The van der Waals surface area contributed by atoms with E-state index < -0.39 is 22.4 Å². The van der Waals surface area contributed by atoms with Crippen LogP contribution in [0.15, 0.2) is 59.6 Å². The highest BCUT2D eigenvalue weighted by molar-refractivity contribution is 7.90. The fraction of sp³-hybridized carbons (Fsp3) is 0.111. The Balaban J connectivity index is 1.69. The van der Waals surface area contributed by atoms with Crippen LogP contribution in [0.25, 0.3) is 10.9 Å². The highest BCUT2D eigenvalue weighted by atomic mass is 32.2. The number of aromatic nitrogens is 1. The second kappa shape index (κ2) is 6.52. The fourth-order valence-corrected chi connectivity index (χ4v) is 3.06. The molecule has 128 valence electrons. The number of H-pyrrole nitrogens is 1. The minimum absolute atomic E-state index is 0.110. The summed E-state index contributed by atoms with van der Waals surface area (Å²) in [6, 6.07) is 12.7. The number of fused-ring (bicyclic) bond motifs is 1. The van der Waals surface area contributed by atoms with Gasteiger partial charge in [0.2, 0.25) is 5.78 Å². The van der Waals surface area contributed by atoms with Gasteiger partial charge in [0, 0.05) is 28.9 Å². The molecule has 0 aliphatic carbocycles. The molecule has 0 unspecified atom stereocenters. The molecule has 1 aromatic heterocycles. The maximum Gasteiger partial charge on any atom is 0.338 e. The maximum absolute atomic E-state index is 12.3. The monoisotopic (exact) mass is 357 g/mol.